The van der Waals surface area contributed by atoms with Gasteiger partial charge in [-0.1, -0.05) is 36.4 Å². The van der Waals surface area contributed by atoms with Gasteiger partial charge in [0.25, 0.3) is 0 Å². The van der Waals surface area contributed by atoms with E-state index in [1.165, 1.54) is 0 Å². The first kappa shape index (κ1) is 11.7. The Kier molecular flexibility index (Phi) is 2.88. The number of rotatable bonds is 1. The van der Waals surface area contributed by atoms with Crippen molar-refractivity contribution in [2.24, 2.45) is 0 Å². The van der Waals surface area contributed by atoms with Crippen molar-refractivity contribution in [1.29, 1.82) is 0 Å². The highest BCUT2D eigenvalue weighted by atomic mass is 16.2. The predicted octanol–water partition coefficient (Wildman–Crippen LogP) is 2.87. The van der Waals surface area contributed by atoms with Crippen LogP contribution in [0.3, 0.4) is 0 Å². The van der Waals surface area contributed by atoms with E-state index in [0.29, 0.717) is 6.42 Å². The summed E-state index contributed by atoms with van der Waals surface area (Å²) in [5, 5.41) is 0. The van der Waals surface area contributed by atoms with Gasteiger partial charge in [-0.05, 0) is 23.8 Å². The lowest BCUT2D eigenvalue weighted by molar-refractivity contribution is -0.125. The van der Waals surface area contributed by atoms with Crippen LogP contribution >= 0.6 is 0 Å². The zero-order valence-corrected chi connectivity index (χ0v) is 10.4. The molecule has 0 fully saturated rings. The molecule has 0 radical (unpaired) electrons. The van der Waals surface area contributed by atoms with Gasteiger partial charge in [0.2, 0.25) is 5.91 Å². The smallest absolute Gasteiger partial charge is 0.239 e. The van der Waals surface area contributed by atoms with Crippen molar-refractivity contribution in [2.75, 3.05) is 4.90 Å². The molecule has 0 spiro atoms. The molecule has 1 aliphatic rings. The number of Topliss-reactive ketones (excluding diaryl/α,β-unsaturated/α-hetero) is 1. The van der Waals surface area contributed by atoms with E-state index in [0.717, 1.165) is 16.9 Å². The van der Waals surface area contributed by atoms with E-state index in [-0.39, 0.29) is 18.1 Å². The Hall–Kier alpha value is -2.42. The molecule has 1 aliphatic heterocycles. The van der Waals surface area contributed by atoms with Crippen LogP contribution in [0.15, 0.2) is 54.6 Å². The van der Waals surface area contributed by atoms with Gasteiger partial charge in [0.15, 0.2) is 0 Å². The van der Waals surface area contributed by atoms with E-state index in [4.69, 9.17) is 0 Å². The summed E-state index contributed by atoms with van der Waals surface area (Å²) >= 11 is 0. The molecule has 2 aromatic carbocycles. The first-order chi connectivity index (χ1) is 9.25. The number of hydrogen-bond donors (Lipinski definition) is 0. The molecule has 0 saturated carbocycles. The number of para-hydroxylation sites is 2. The summed E-state index contributed by atoms with van der Waals surface area (Å²) in [5.74, 6) is -0.197. The standard InChI is InChI=1S/C16H13NO2/c18-14-10-12-6-4-5-9-15(12)17(16(19)11-14)13-7-2-1-3-8-13/h1-9H,10-11H2. The first-order valence-corrected chi connectivity index (χ1v) is 6.23. The van der Waals surface area contributed by atoms with Crippen LogP contribution in [0, 0.1) is 0 Å². The average Bonchev–Trinajstić information content (AvgIpc) is 2.54. The highest BCUT2D eigenvalue weighted by Gasteiger charge is 2.26. The molecule has 0 aromatic heterocycles. The summed E-state index contributed by atoms with van der Waals surface area (Å²) in [5.41, 5.74) is 2.52. The molecular formula is C16H13NO2. The second kappa shape index (κ2) is 4.69. The largest absolute Gasteiger partial charge is 0.299 e. The van der Waals surface area contributed by atoms with Crippen molar-refractivity contribution in [3.8, 4) is 0 Å². The second-order valence-electron chi connectivity index (χ2n) is 4.59. The third-order valence-corrected chi connectivity index (χ3v) is 3.23. The van der Waals surface area contributed by atoms with Crippen molar-refractivity contribution < 1.29 is 9.59 Å². The van der Waals surface area contributed by atoms with E-state index in [1.807, 2.05) is 54.6 Å². The zero-order valence-electron chi connectivity index (χ0n) is 10.4. The summed E-state index contributed by atoms with van der Waals surface area (Å²) in [6, 6.07) is 17.0. The molecular weight excluding hydrogens is 238 g/mol. The number of anilines is 2. The molecule has 1 heterocycles. The molecule has 0 unspecified atom stereocenters. The Morgan fingerprint density at radius 2 is 1.47 bits per heavy atom. The van der Waals surface area contributed by atoms with Crippen LogP contribution in [0.1, 0.15) is 12.0 Å². The van der Waals surface area contributed by atoms with Crippen LogP contribution in [-0.2, 0) is 16.0 Å². The number of hydrogen-bond acceptors (Lipinski definition) is 2. The topological polar surface area (TPSA) is 37.4 Å². The molecule has 3 rings (SSSR count). The first-order valence-electron chi connectivity index (χ1n) is 6.23. The van der Waals surface area contributed by atoms with Crippen molar-refractivity contribution in [3.05, 3.63) is 60.2 Å². The third-order valence-electron chi connectivity index (χ3n) is 3.23. The van der Waals surface area contributed by atoms with E-state index in [9.17, 15) is 9.59 Å². The summed E-state index contributed by atoms with van der Waals surface area (Å²) in [6.45, 7) is 0. The maximum atomic E-state index is 12.3. The van der Waals surface area contributed by atoms with Gasteiger partial charge in [-0.15, -0.1) is 0 Å². The van der Waals surface area contributed by atoms with Crippen molar-refractivity contribution >= 4 is 23.1 Å². The molecule has 3 heteroatoms. The van der Waals surface area contributed by atoms with Gasteiger partial charge in [-0.2, -0.15) is 0 Å². The number of ketones is 1. The van der Waals surface area contributed by atoms with Crippen LogP contribution in [0.2, 0.25) is 0 Å². The molecule has 2 aromatic rings. The van der Waals surface area contributed by atoms with Crippen molar-refractivity contribution in [2.45, 2.75) is 12.8 Å². The lowest BCUT2D eigenvalue weighted by Gasteiger charge is -2.22. The van der Waals surface area contributed by atoms with Crippen LogP contribution in [0.4, 0.5) is 11.4 Å². The second-order valence-corrected chi connectivity index (χ2v) is 4.59. The van der Waals surface area contributed by atoms with Gasteiger partial charge >= 0.3 is 0 Å². The van der Waals surface area contributed by atoms with Gasteiger partial charge in [0, 0.05) is 12.1 Å². The number of benzene rings is 2. The number of nitrogens with zero attached hydrogens (tertiary/aromatic N) is 1. The van der Waals surface area contributed by atoms with Gasteiger partial charge in [0.1, 0.15) is 5.78 Å². The van der Waals surface area contributed by atoms with Gasteiger partial charge in [-0.25, -0.2) is 0 Å². The fourth-order valence-electron chi connectivity index (χ4n) is 2.40. The minimum absolute atomic E-state index is 0.0316. The van der Waals surface area contributed by atoms with Crippen molar-refractivity contribution in [1.82, 2.24) is 0 Å². The van der Waals surface area contributed by atoms with Gasteiger partial charge in [-0.3, -0.25) is 14.5 Å². The average molecular weight is 251 g/mol. The molecule has 19 heavy (non-hydrogen) atoms. The number of carbonyl (C=O) groups excluding carboxylic acids is 2. The Morgan fingerprint density at radius 1 is 0.789 bits per heavy atom. The van der Waals surface area contributed by atoms with Crippen LogP contribution in [0.25, 0.3) is 0 Å². The molecule has 3 nitrogen and oxygen atoms in total. The molecule has 0 bridgehead atoms. The lowest BCUT2D eigenvalue weighted by Crippen LogP contribution is -2.26. The molecule has 0 aliphatic carbocycles. The monoisotopic (exact) mass is 251 g/mol. The minimum Gasteiger partial charge on any atom is -0.299 e. The Balaban J connectivity index is 2.17. The van der Waals surface area contributed by atoms with Crippen LogP contribution in [0.5, 0.6) is 0 Å². The third kappa shape index (κ3) is 2.15. The Labute approximate surface area is 111 Å². The van der Waals surface area contributed by atoms with E-state index < -0.39 is 0 Å². The number of amides is 1. The normalized spacial score (nSPS) is 15.1. The van der Waals surface area contributed by atoms with E-state index >= 15 is 0 Å². The molecule has 94 valence electrons. The van der Waals surface area contributed by atoms with Gasteiger partial charge < -0.3 is 0 Å². The lowest BCUT2D eigenvalue weighted by atomic mass is 10.1. The highest BCUT2D eigenvalue weighted by molar-refractivity contribution is 6.12. The number of carbonyl (C=O) groups is 2. The molecule has 0 saturated heterocycles. The van der Waals surface area contributed by atoms with Crippen LogP contribution in [-0.4, -0.2) is 11.7 Å². The quantitative estimate of drug-likeness (QED) is 0.731. The highest BCUT2D eigenvalue weighted by Crippen LogP contribution is 2.32. The fraction of sp³-hybridized carbons (Fsp3) is 0.125. The fourth-order valence-corrected chi connectivity index (χ4v) is 2.40. The predicted molar refractivity (Wildman–Crippen MR) is 73.4 cm³/mol. The summed E-state index contributed by atoms with van der Waals surface area (Å²) in [6.07, 6.45) is 0.287. The summed E-state index contributed by atoms with van der Waals surface area (Å²) < 4.78 is 0. The van der Waals surface area contributed by atoms with Crippen molar-refractivity contribution in [3.63, 3.8) is 0 Å². The molecule has 0 atom stereocenters. The number of fused-ring (bicyclic) bond motifs is 1. The van der Waals surface area contributed by atoms with Crippen LogP contribution < -0.4 is 4.90 Å². The van der Waals surface area contributed by atoms with Gasteiger partial charge in [0.05, 0.1) is 12.1 Å². The maximum absolute atomic E-state index is 12.3. The summed E-state index contributed by atoms with van der Waals surface area (Å²) in [7, 11) is 0. The Morgan fingerprint density at radius 3 is 2.26 bits per heavy atom. The SMILES string of the molecule is O=C1CC(=O)N(c2ccccc2)c2ccccc2C1. The van der Waals surface area contributed by atoms with E-state index in [1.54, 1.807) is 4.90 Å². The maximum Gasteiger partial charge on any atom is 0.239 e. The Bertz CT molecular complexity index is 634. The minimum atomic E-state index is -0.166. The zero-order chi connectivity index (χ0) is 13.2. The van der Waals surface area contributed by atoms with E-state index in [2.05, 4.69) is 0 Å². The molecule has 1 amide bonds. The molecule has 0 N–H and O–H groups in total. The summed E-state index contributed by atoms with van der Waals surface area (Å²) in [4.78, 5) is 25.7.